The first kappa shape index (κ1) is 15.7. The smallest absolute Gasteiger partial charge is 0.244 e. The van der Waals surface area contributed by atoms with E-state index in [9.17, 15) is 4.79 Å². The Morgan fingerprint density at radius 1 is 1.38 bits per heavy atom. The van der Waals surface area contributed by atoms with Crippen molar-refractivity contribution in [3.8, 4) is 5.69 Å². The Morgan fingerprint density at radius 3 is 2.92 bits per heavy atom. The maximum Gasteiger partial charge on any atom is 0.244 e. The maximum atomic E-state index is 12.2. The first-order valence-corrected chi connectivity index (χ1v) is 7.39. The molecular weight excluding hydrogens is 308 g/mol. The van der Waals surface area contributed by atoms with Gasteiger partial charge in [0.05, 0.1) is 11.9 Å². The van der Waals surface area contributed by atoms with E-state index in [0.717, 1.165) is 16.8 Å². The van der Waals surface area contributed by atoms with Crippen molar-refractivity contribution < 1.29 is 4.79 Å². The van der Waals surface area contributed by atoms with Crippen LogP contribution in [0, 0.1) is 6.92 Å². The van der Waals surface area contributed by atoms with E-state index in [1.165, 1.54) is 4.68 Å². The summed E-state index contributed by atoms with van der Waals surface area (Å²) in [4.78, 5) is 13.8. The molecule has 0 aliphatic heterocycles. The lowest BCUT2D eigenvalue weighted by Crippen LogP contribution is -2.30. The van der Waals surface area contributed by atoms with E-state index in [0.29, 0.717) is 6.54 Å². The first-order chi connectivity index (χ1) is 11.5. The van der Waals surface area contributed by atoms with Gasteiger partial charge in [-0.1, -0.05) is 17.2 Å². The predicted octanol–water partition coefficient (Wildman–Crippen LogP) is 0.408. The first-order valence-electron chi connectivity index (χ1n) is 7.39. The Kier molecular flexibility index (Phi) is 4.23. The summed E-state index contributed by atoms with van der Waals surface area (Å²) in [6, 6.07) is 8.05. The number of benzene rings is 1. The van der Waals surface area contributed by atoms with Gasteiger partial charge in [-0.3, -0.25) is 4.79 Å². The minimum absolute atomic E-state index is 0.00134. The van der Waals surface area contributed by atoms with Crippen LogP contribution in [0.3, 0.4) is 0 Å². The molecule has 0 fully saturated rings. The number of anilines is 1. The number of hydrogen-bond donors (Lipinski definition) is 1. The molecule has 1 aromatic carbocycles. The summed E-state index contributed by atoms with van der Waals surface area (Å²) in [5, 5.41) is 15.0. The summed E-state index contributed by atoms with van der Waals surface area (Å²) in [6.45, 7) is 2.47. The second-order valence-corrected chi connectivity index (χ2v) is 5.58. The topological polar surface area (TPSA) is 108 Å². The molecule has 0 saturated heterocycles. The molecule has 0 bridgehead atoms. The number of aromatic nitrogens is 6. The van der Waals surface area contributed by atoms with Gasteiger partial charge in [-0.05, 0) is 35.0 Å². The molecule has 0 atom stereocenters. The average molecular weight is 326 g/mol. The Hall–Kier alpha value is -3.23. The lowest BCUT2D eigenvalue weighted by Gasteiger charge is -2.15. The highest BCUT2D eigenvalue weighted by atomic mass is 16.2. The summed E-state index contributed by atoms with van der Waals surface area (Å²) in [6.07, 6.45) is 3.65. The van der Waals surface area contributed by atoms with Gasteiger partial charge in [0.15, 0.2) is 0 Å². The van der Waals surface area contributed by atoms with Crippen LogP contribution in [0.4, 0.5) is 5.95 Å². The number of amides is 1. The predicted molar refractivity (Wildman–Crippen MR) is 87.0 cm³/mol. The molecule has 124 valence electrons. The van der Waals surface area contributed by atoms with Gasteiger partial charge in [0.1, 0.15) is 6.54 Å². The van der Waals surface area contributed by atoms with Gasteiger partial charge in [0.25, 0.3) is 0 Å². The fourth-order valence-corrected chi connectivity index (χ4v) is 2.29. The van der Waals surface area contributed by atoms with Crippen molar-refractivity contribution in [3.63, 3.8) is 0 Å². The number of likely N-dealkylation sites (N-methyl/N-ethyl adjacent to an activating group) is 1. The normalized spacial score (nSPS) is 10.8. The SMILES string of the molecule is Cc1cccc(-n2cc(CN(C)C(=O)Cn3nnnc3N)cn2)c1. The molecule has 0 spiro atoms. The van der Waals surface area contributed by atoms with Gasteiger partial charge in [-0.2, -0.15) is 5.10 Å². The van der Waals surface area contributed by atoms with E-state index in [1.807, 2.05) is 37.4 Å². The molecule has 0 radical (unpaired) electrons. The van der Waals surface area contributed by atoms with Crippen molar-refractivity contribution in [3.05, 3.63) is 47.8 Å². The van der Waals surface area contributed by atoms with E-state index in [4.69, 9.17) is 5.73 Å². The number of hydrogen-bond acceptors (Lipinski definition) is 6. The molecule has 3 aromatic rings. The third-order valence-corrected chi connectivity index (χ3v) is 3.59. The van der Waals surface area contributed by atoms with E-state index in [1.54, 1.807) is 22.8 Å². The zero-order chi connectivity index (χ0) is 17.1. The van der Waals surface area contributed by atoms with Crippen LogP contribution in [-0.2, 0) is 17.9 Å². The van der Waals surface area contributed by atoms with Gasteiger partial charge in [-0.15, -0.1) is 0 Å². The maximum absolute atomic E-state index is 12.2. The van der Waals surface area contributed by atoms with Crippen molar-refractivity contribution in [2.24, 2.45) is 0 Å². The van der Waals surface area contributed by atoms with E-state index >= 15 is 0 Å². The quantitative estimate of drug-likeness (QED) is 0.727. The minimum Gasteiger partial charge on any atom is -0.367 e. The van der Waals surface area contributed by atoms with Crippen LogP contribution in [0.1, 0.15) is 11.1 Å². The Labute approximate surface area is 138 Å². The Balaban J connectivity index is 1.66. The second-order valence-electron chi connectivity index (χ2n) is 5.58. The van der Waals surface area contributed by atoms with Crippen molar-refractivity contribution in [1.29, 1.82) is 0 Å². The van der Waals surface area contributed by atoms with E-state index < -0.39 is 0 Å². The van der Waals surface area contributed by atoms with Crippen LogP contribution < -0.4 is 5.73 Å². The Morgan fingerprint density at radius 2 is 2.21 bits per heavy atom. The molecular formula is C15H18N8O. The largest absolute Gasteiger partial charge is 0.367 e. The monoisotopic (exact) mass is 326 g/mol. The van der Waals surface area contributed by atoms with Crippen LogP contribution in [0.2, 0.25) is 0 Å². The third kappa shape index (κ3) is 3.40. The zero-order valence-corrected chi connectivity index (χ0v) is 13.5. The lowest BCUT2D eigenvalue weighted by molar-refractivity contribution is -0.131. The summed E-state index contributed by atoms with van der Waals surface area (Å²) >= 11 is 0. The summed E-state index contributed by atoms with van der Waals surface area (Å²) in [5.74, 6) is -0.0266. The number of tetrazole rings is 1. The molecule has 9 heteroatoms. The third-order valence-electron chi connectivity index (χ3n) is 3.59. The molecule has 0 saturated carbocycles. The molecule has 2 N–H and O–H groups in total. The highest BCUT2D eigenvalue weighted by Crippen LogP contribution is 2.11. The van der Waals surface area contributed by atoms with Crippen LogP contribution in [0.15, 0.2) is 36.7 Å². The number of carbonyl (C=O) groups excluding carboxylic acids is 1. The highest BCUT2D eigenvalue weighted by Gasteiger charge is 2.14. The van der Waals surface area contributed by atoms with E-state index in [-0.39, 0.29) is 18.4 Å². The standard InChI is InChI=1S/C15H18N8O/c1-11-4-3-5-13(6-11)22-9-12(7-17-22)8-21(2)14(24)10-23-15(16)18-19-20-23/h3-7,9H,8,10H2,1-2H3,(H2,16,18,20). The molecule has 0 unspecified atom stereocenters. The number of carbonyl (C=O) groups is 1. The van der Waals surface area contributed by atoms with Gasteiger partial charge in [0, 0.05) is 25.4 Å². The van der Waals surface area contributed by atoms with Gasteiger partial charge >= 0.3 is 0 Å². The Bertz CT molecular complexity index is 853. The molecule has 9 nitrogen and oxygen atoms in total. The highest BCUT2D eigenvalue weighted by molar-refractivity contribution is 5.75. The zero-order valence-electron chi connectivity index (χ0n) is 13.5. The number of nitrogens with two attached hydrogens (primary N) is 1. The average Bonchev–Trinajstić information content (AvgIpc) is 3.17. The second kappa shape index (κ2) is 6.49. The number of aryl methyl sites for hydroxylation is 1. The summed E-state index contributed by atoms with van der Waals surface area (Å²) < 4.78 is 3.05. The molecule has 3 rings (SSSR count). The number of nitrogen functional groups attached to an aromatic ring is 1. The fourth-order valence-electron chi connectivity index (χ4n) is 2.29. The summed E-state index contributed by atoms with van der Waals surface area (Å²) in [7, 11) is 1.72. The minimum atomic E-state index is -0.141. The molecule has 0 aliphatic carbocycles. The lowest BCUT2D eigenvalue weighted by atomic mass is 10.2. The van der Waals surface area contributed by atoms with Crippen molar-refractivity contribution >= 4 is 11.9 Å². The molecule has 0 aliphatic rings. The van der Waals surface area contributed by atoms with Crippen LogP contribution >= 0.6 is 0 Å². The van der Waals surface area contributed by atoms with Crippen LogP contribution in [0.5, 0.6) is 0 Å². The van der Waals surface area contributed by atoms with Gasteiger partial charge in [-0.25, -0.2) is 9.36 Å². The molecule has 24 heavy (non-hydrogen) atoms. The van der Waals surface area contributed by atoms with Gasteiger partial charge in [0.2, 0.25) is 11.9 Å². The van der Waals surface area contributed by atoms with Crippen molar-refractivity contribution in [1.82, 2.24) is 34.9 Å². The molecule has 1 amide bonds. The fraction of sp³-hybridized carbons (Fsp3) is 0.267. The number of nitrogens with zero attached hydrogens (tertiary/aromatic N) is 7. The van der Waals surface area contributed by atoms with E-state index in [2.05, 4.69) is 20.6 Å². The van der Waals surface area contributed by atoms with Crippen molar-refractivity contribution in [2.75, 3.05) is 12.8 Å². The molecule has 2 heterocycles. The van der Waals surface area contributed by atoms with Crippen molar-refractivity contribution in [2.45, 2.75) is 20.0 Å². The molecule has 2 aromatic heterocycles. The van der Waals surface area contributed by atoms with Crippen LogP contribution in [0.25, 0.3) is 5.69 Å². The number of rotatable bonds is 5. The van der Waals surface area contributed by atoms with Gasteiger partial charge < -0.3 is 10.6 Å². The van der Waals surface area contributed by atoms with Crippen LogP contribution in [-0.4, -0.2) is 47.8 Å². The summed E-state index contributed by atoms with van der Waals surface area (Å²) in [5.41, 5.74) is 8.64.